The van der Waals surface area contributed by atoms with E-state index in [0.29, 0.717) is 0 Å². The maximum absolute atomic E-state index is 5.74. The normalized spacial score (nSPS) is 12.6. The Morgan fingerprint density at radius 2 is 2.05 bits per heavy atom. The summed E-state index contributed by atoms with van der Waals surface area (Å²) in [5.41, 5.74) is 2.23. The van der Waals surface area contributed by atoms with Gasteiger partial charge in [-0.2, -0.15) is 5.10 Å². The quantitative estimate of drug-likeness (QED) is 0.851. The lowest BCUT2D eigenvalue weighted by atomic mass is 10.0. The van der Waals surface area contributed by atoms with Crippen LogP contribution in [0.5, 0.6) is 5.75 Å². The van der Waals surface area contributed by atoms with Gasteiger partial charge in [0.2, 0.25) is 0 Å². The van der Waals surface area contributed by atoms with Crippen LogP contribution in [-0.4, -0.2) is 27.4 Å². The molecule has 0 aliphatic carbocycles. The topological polar surface area (TPSA) is 52.0 Å². The van der Waals surface area contributed by atoms with Gasteiger partial charge in [-0.1, -0.05) is 6.92 Å². The molecule has 0 aromatic carbocycles. The Morgan fingerprint density at radius 3 is 2.67 bits per heavy atom. The summed E-state index contributed by atoms with van der Waals surface area (Å²) in [4.78, 5) is 4.31. The van der Waals surface area contributed by atoms with Gasteiger partial charge in [-0.15, -0.1) is 0 Å². The van der Waals surface area contributed by atoms with Gasteiger partial charge in [-0.3, -0.25) is 9.67 Å². The summed E-state index contributed by atoms with van der Waals surface area (Å²) in [6, 6.07) is 2.13. The third-order valence-electron chi connectivity index (χ3n) is 3.10. The zero-order valence-corrected chi connectivity index (χ0v) is 13.2. The predicted molar refractivity (Wildman–Crippen MR) is 83.3 cm³/mol. The molecule has 5 heteroatoms. The van der Waals surface area contributed by atoms with Crippen LogP contribution < -0.4 is 10.1 Å². The van der Waals surface area contributed by atoms with Gasteiger partial charge < -0.3 is 10.1 Å². The Balaban J connectivity index is 2.27. The molecule has 0 bridgehead atoms. The van der Waals surface area contributed by atoms with E-state index in [9.17, 15) is 0 Å². The first kappa shape index (κ1) is 15.5. The number of nitrogens with one attached hydrogen (secondary N) is 1. The predicted octanol–water partition coefficient (Wildman–Crippen LogP) is 2.69. The van der Waals surface area contributed by atoms with Crippen LogP contribution in [0, 0.1) is 0 Å². The molecule has 1 atom stereocenters. The molecule has 114 valence electrons. The lowest BCUT2D eigenvalue weighted by Gasteiger charge is -2.18. The maximum atomic E-state index is 5.74. The summed E-state index contributed by atoms with van der Waals surface area (Å²) in [5, 5.41) is 7.81. The highest BCUT2D eigenvalue weighted by molar-refractivity contribution is 5.32. The molecular formula is C16H24N4O. The number of ether oxygens (including phenoxy) is 1. The molecule has 0 amide bonds. The standard InChI is InChI=1S/C16H24N4O/c1-5-6-18-16(14-9-19-20(4)11-14)13-7-15(10-17-8-13)21-12(2)3/h7-12,16,18H,5-6H2,1-4H3. The van der Waals surface area contributed by atoms with E-state index < -0.39 is 0 Å². The number of aryl methyl sites for hydroxylation is 1. The number of hydrogen-bond acceptors (Lipinski definition) is 4. The summed E-state index contributed by atoms with van der Waals surface area (Å²) in [6.07, 6.45) is 8.78. The smallest absolute Gasteiger partial charge is 0.138 e. The molecular weight excluding hydrogens is 264 g/mol. The first-order valence-electron chi connectivity index (χ1n) is 7.43. The fraction of sp³-hybridized carbons (Fsp3) is 0.500. The Hall–Kier alpha value is -1.88. The van der Waals surface area contributed by atoms with E-state index in [1.54, 1.807) is 6.20 Å². The molecule has 0 aliphatic heterocycles. The summed E-state index contributed by atoms with van der Waals surface area (Å²) < 4.78 is 7.56. The summed E-state index contributed by atoms with van der Waals surface area (Å²) >= 11 is 0. The van der Waals surface area contributed by atoms with Crippen LogP contribution >= 0.6 is 0 Å². The van der Waals surface area contributed by atoms with Crippen LogP contribution in [0.15, 0.2) is 30.9 Å². The Kier molecular flexibility index (Phi) is 5.33. The van der Waals surface area contributed by atoms with Gasteiger partial charge >= 0.3 is 0 Å². The Morgan fingerprint density at radius 1 is 1.24 bits per heavy atom. The number of nitrogens with zero attached hydrogens (tertiary/aromatic N) is 3. The average Bonchev–Trinajstić information content (AvgIpc) is 2.85. The molecule has 0 spiro atoms. The van der Waals surface area contributed by atoms with Crippen molar-refractivity contribution in [3.63, 3.8) is 0 Å². The van der Waals surface area contributed by atoms with E-state index in [-0.39, 0.29) is 12.1 Å². The second kappa shape index (κ2) is 7.22. The van der Waals surface area contributed by atoms with Crippen molar-refractivity contribution in [1.29, 1.82) is 0 Å². The average molecular weight is 288 g/mol. The van der Waals surface area contributed by atoms with Crippen molar-refractivity contribution in [2.75, 3.05) is 6.54 Å². The minimum absolute atomic E-state index is 0.0851. The van der Waals surface area contributed by atoms with Crippen molar-refractivity contribution < 1.29 is 4.74 Å². The third-order valence-corrected chi connectivity index (χ3v) is 3.10. The third kappa shape index (κ3) is 4.29. The first-order valence-corrected chi connectivity index (χ1v) is 7.43. The molecule has 0 radical (unpaired) electrons. The van der Waals surface area contributed by atoms with Gasteiger partial charge in [0, 0.05) is 25.0 Å². The summed E-state index contributed by atoms with van der Waals surface area (Å²) in [6.45, 7) is 7.12. The van der Waals surface area contributed by atoms with Crippen LogP contribution in [0.4, 0.5) is 0 Å². The zero-order chi connectivity index (χ0) is 15.2. The highest BCUT2D eigenvalue weighted by Gasteiger charge is 2.16. The van der Waals surface area contributed by atoms with Crippen molar-refractivity contribution in [1.82, 2.24) is 20.1 Å². The molecule has 2 aromatic rings. The Labute approximate surface area is 126 Å². The van der Waals surface area contributed by atoms with Gasteiger partial charge in [0.1, 0.15) is 5.75 Å². The fourth-order valence-corrected chi connectivity index (χ4v) is 2.24. The molecule has 0 fully saturated rings. The van der Waals surface area contributed by atoms with E-state index in [0.717, 1.165) is 29.8 Å². The number of hydrogen-bond donors (Lipinski definition) is 1. The van der Waals surface area contributed by atoms with Crippen molar-refractivity contribution in [3.05, 3.63) is 42.0 Å². The second-order valence-electron chi connectivity index (χ2n) is 5.46. The monoisotopic (exact) mass is 288 g/mol. The largest absolute Gasteiger partial charge is 0.489 e. The SMILES string of the molecule is CCCNC(c1cncc(OC(C)C)c1)c1cnn(C)c1. The van der Waals surface area contributed by atoms with Crippen LogP contribution in [0.1, 0.15) is 44.4 Å². The minimum Gasteiger partial charge on any atom is -0.489 e. The summed E-state index contributed by atoms with van der Waals surface area (Å²) in [7, 11) is 1.93. The van der Waals surface area contributed by atoms with Crippen molar-refractivity contribution in [2.24, 2.45) is 7.05 Å². The first-order chi connectivity index (χ1) is 10.1. The van der Waals surface area contributed by atoms with E-state index in [2.05, 4.69) is 22.3 Å². The molecule has 0 saturated heterocycles. The molecule has 2 rings (SSSR count). The van der Waals surface area contributed by atoms with Gasteiger partial charge in [0.15, 0.2) is 0 Å². The summed E-state index contributed by atoms with van der Waals surface area (Å²) in [5.74, 6) is 0.801. The van der Waals surface area contributed by atoms with Gasteiger partial charge in [0.05, 0.1) is 24.5 Å². The molecule has 5 nitrogen and oxygen atoms in total. The number of rotatable bonds is 7. The van der Waals surface area contributed by atoms with Crippen molar-refractivity contribution in [2.45, 2.75) is 39.3 Å². The lowest BCUT2D eigenvalue weighted by molar-refractivity contribution is 0.241. The molecule has 2 heterocycles. The van der Waals surface area contributed by atoms with Crippen molar-refractivity contribution in [3.8, 4) is 5.75 Å². The lowest BCUT2D eigenvalue weighted by Crippen LogP contribution is -2.23. The fourth-order valence-electron chi connectivity index (χ4n) is 2.24. The molecule has 0 saturated carbocycles. The highest BCUT2D eigenvalue weighted by Crippen LogP contribution is 2.24. The number of aromatic nitrogens is 3. The second-order valence-corrected chi connectivity index (χ2v) is 5.46. The van der Waals surface area contributed by atoms with Crippen molar-refractivity contribution >= 4 is 0 Å². The molecule has 1 N–H and O–H groups in total. The molecule has 2 aromatic heterocycles. The van der Waals surface area contributed by atoms with E-state index in [4.69, 9.17) is 4.74 Å². The van der Waals surface area contributed by atoms with Crippen LogP contribution in [0.3, 0.4) is 0 Å². The number of pyridine rings is 1. The van der Waals surface area contributed by atoms with Gasteiger partial charge in [-0.25, -0.2) is 0 Å². The van der Waals surface area contributed by atoms with E-state index >= 15 is 0 Å². The van der Waals surface area contributed by atoms with Crippen LogP contribution in [0.2, 0.25) is 0 Å². The van der Waals surface area contributed by atoms with Gasteiger partial charge in [0.25, 0.3) is 0 Å². The molecule has 1 unspecified atom stereocenters. The minimum atomic E-state index is 0.0851. The molecule has 21 heavy (non-hydrogen) atoms. The van der Waals surface area contributed by atoms with E-state index in [1.807, 2.05) is 50.2 Å². The highest BCUT2D eigenvalue weighted by atomic mass is 16.5. The van der Waals surface area contributed by atoms with Crippen LogP contribution in [-0.2, 0) is 7.05 Å². The maximum Gasteiger partial charge on any atom is 0.138 e. The zero-order valence-electron chi connectivity index (χ0n) is 13.2. The van der Waals surface area contributed by atoms with Gasteiger partial charge in [-0.05, 0) is 38.4 Å². The van der Waals surface area contributed by atoms with E-state index in [1.165, 1.54) is 0 Å². The molecule has 0 aliphatic rings. The van der Waals surface area contributed by atoms with Crippen LogP contribution in [0.25, 0.3) is 0 Å². The Bertz CT molecular complexity index is 565.